The summed E-state index contributed by atoms with van der Waals surface area (Å²) in [5.41, 5.74) is 0. The molecule has 1 fully saturated rings. The van der Waals surface area contributed by atoms with Crippen LogP contribution < -0.4 is 0 Å². The molecule has 2 heterocycles. The summed E-state index contributed by atoms with van der Waals surface area (Å²) in [6.45, 7) is 8.40. The fourth-order valence-corrected chi connectivity index (χ4v) is 2.47. The number of aromatic nitrogens is 2. The molecule has 0 aromatic carbocycles. The Labute approximate surface area is 103 Å². The predicted molar refractivity (Wildman–Crippen MR) is 66.7 cm³/mol. The van der Waals surface area contributed by atoms with Gasteiger partial charge in [0.05, 0.1) is 6.54 Å². The van der Waals surface area contributed by atoms with E-state index in [-0.39, 0.29) is 0 Å². The van der Waals surface area contributed by atoms with Gasteiger partial charge in [-0.2, -0.15) is 0 Å². The number of piperidine rings is 1. The van der Waals surface area contributed by atoms with E-state index in [1.54, 1.807) is 0 Å². The van der Waals surface area contributed by atoms with E-state index in [4.69, 9.17) is 4.42 Å². The van der Waals surface area contributed by atoms with E-state index < -0.39 is 0 Å². The molecule has 4 nitrogen and oxygen atoms in total. The minimum Gasteiger partial charge on any atom is -0.424 e. The highest BCUT2D eigenvalue weighted by molar-refractivity contribution is 4.88. The minimum absolute atomic E-state index is 0.319. The number of likely N-dealkylation sites (tertiary alicyclic amines) is 1. The Balaban J connectivity index is 1.98. The summed E-state index contributed by atoms with van der Waals surface area (Å²) in [5, 5.41) is 8.23. The van der Waals surface area contributed by atoms with Gasteiger partial charge in [-0.15, -0.1) is 10.2 Å². The Morgan fingerprint density at radius 3 is 2.82 bits per heavy atom. The topological polar surface area (TPSA) is 42.2 Å². The molecule has 0 bridgehead atoms. The van der Waals surface area contributed by atoms with Crippen LogP contribution in [0.2, 0.25) is 0 Å². The monoisotopic (exact) mass is 237 g/mol. The molecule has 1 aliphatic heterocycles. The SMILES string of the molecule is CC[C@H]1CCCCN1Cc1nnc(C(C)C)o1. The first kappa shape index (κ1) is 12.6. The van der Waals surface area contributed by atoms with Gasteiger partial charge in [0.15, 0.2) is 0 Å². The average Bonchev–Trinajstić information content (AvgIpc) is 2.78. The van der Waals surface area contributed by atoms with Crippen molar-refractivity contribution in [2.75, 3.05) is 6.54 Å². The van der Waals surface area contributed by atoms with Crippen molar-refractivity contribution in [3.63, 3.8) is 0 Å². The number of hydrogen-bond donors (Lipinski definition) is 0. The molecular formula is C13H23N3O. The van der Waals surface area contributed by atoms with Gasteiger partial charge in [-0.3, -0.25) is 4.90 Å². The molecule has 1 aromatic rings. The zero-order chi connectivity index (χ0) is 12.3. The highest BCUT2D eigenvalue weighted by atomic mass is 16.4. The Hall–Kier alpha value is -0.900. The summed E-state index contributed by atoms with van der Waals surface area (Å²) in [7, 11) is 0. The molecule has 1 aromatic heterocycles. The van der Waals surface area contributed by atoms with Crippen molar-refractivity contribution in [2.45, 2.75) is 65.0 Å². The summed E-state index contributed by atoms with van der Waals surface area (Å²) in [6.07, 6.45) is 5.17. The Morgan fingerprint density at radius 1 is 1.35 bits per heavy atom. The maximum absolute atomic E-state index is 5.68. The largest absolute Gasteiger partial charge is 0.424 e. The van der Waals surface area contributed by atoms with E-state index in [2.05, 4.69) is 35.9 Å². The minimum atomic E-state index is 0.319. The second kappa shape index (κ2) is 5.63. The summed E-state index contributed by atoms with van der Waals surface area (Å²) >= 11 is 0. The molecule has 4 heteroatoms. The van der Waals surface area contributed by atoms with Crippen LogP contribution in [-0.4, -0.2) is 27.7 Å². The van der Waals surface area contributed by atoms with Crippen molar-refractivity contribution in [2.24, 2.45) is 0 Å². The molecule has 1 saturated heterocycles. The van der Waals surface area contributed by atoms with Gasteiger partial charge in [-0.05, 0) is 25.8 Å². The molecule has 1 atom stereocenters. The average molecular weight is 237 g/mol. The lowest BCUT2D eigenvalue weighted by Crippen LogP contribution is -2.38. The van der Waals surface area contributed by atoms with Gasteiger partial charge < -0.3 is 4.42 Å². The molecule has 0 amide bonds. The molecule has 0 N–H and O–H groups in total. The lowest BCUT2D eigenvalue weighted by atomic mass is 10.0. The molecule has 1 aliphatic rings. The quantitative estimate of drug-likeness (QED) is 0.807. The van der Waals surface area contributed by atoms with E-state index in [9.17, 15) is 0 Å². The highest BCUT2D eigenvalue weighted by Gasteiger charge is 2.22. The third-order valence-corrected chi connectivity index (χ3v) is 3.54. The van der Waals surface area contributed by atoms with Crippen molar-refractivity contribution in [3.05, 3.63) is 11.8 Å². The van der Waals surface area contributed by atoms with Gasteiger partial charge in [0.2, 0.25) is 11.8 Å². The van der Waals surface area contributed by atoms with Crippen LogP contribution in [0.4, 0.5) is 0 Å². The van der Waals surface area contributed by atoms with Crippen LogP contribution in [0.3, 0.4) is 0 Å². The second-order valence-corrected chi connectivity index (χ2v) is 5.22. The van der Waals surface area contributed by atoms with Crippen LogP contribution in [-0.2, 0) is 6.54 Å². The Bertz CT molecular complexity index is 348. The van der Waals surface area contributed by atoms with E-state index in [1.165, 1.54) is 25.7 Å². The summed E-state index contributed by atoms with van der Waals surface area (Å²) < 4.78 is 5.68. The molecule has 0 radical (unpaired) electrons. The van der Waals surface area contributed by atoms with Gasteiger partial charge in [0.1, 0.15) is 0 Å². The van der Waals surface area contributed by atoms with E-state index >= 15 is 0 Å². The van der Waals surface area contributed by atoms with Gasteiger partial charge >= 0.3 is 0 Å². The van der Waals surface area contributed by atoms with Crippen LogP contribution in [0.15, 0.2) is 4.42 Å². The maximum atomic E-state index is 5.68. The van der Waals surface area contributed by atoms with Crippen molar-refractivity contribution >= 4 is 0 Å². The zero-order valence-electron chi connectivity index (χ0n) is 11.1. The molecule has 96 valence electrons. The normalized spacial score (nSPS) is 22.2. The molecular weight excluding hydrogens is 214 g/mol. The number of hydrogen-bond acceptors (Lipinski definition) is 4. The number of nitrogens with zero attached hydrogens (tertiary/aromatic N) is 3. The first-order valence-corrected chi connectivity index (χ1v) is 6.77. The Kier molecular flexibility index (Phi) is 4.15. The van der Waals surface area contributed by atoms with E-state index in [0.717, 1.165) is 24.9 Å². The smallest absolute Gasteiger partial charge is 0.230 e. The molecule has 2 rings (SSSR count). The van der Waals surface area contributed by atoms with Crippen molar-refractivity contribution < 1.29 is 4.42 Å². The fourth-order valence-electron chi connectivity index (χ4n) is 2.47. The van der Waals surface area contributed by atoms with Crippen molar-refractivity contribution in [1.82, 2.24) is 15.1 Å². The molecule has 0 spiro atoms. The van der Waals surface area contributed by atoms with Gasteiger partial charge in [0, 0.05) is 12.0 Å². The maximum Gasteiger partial charge on any atom is 0.230 e. The van der Waals surface area contributed by atoms with Gasteiger partial charge in [-0.25, -0.2) is 0 Å². The van der Waals surface area contributed by atoms with Crippen LogP contribution in [0.25, 0.3) is 0 Å². The third-order valence-electron chi connectivity index (χ3n) is 3.54. The molecule has 0 unspecified atom stereocenters. The molecule has 17 heavy (non-hydrogen) atoms. The first-order valence-electron chi connectivity index (χ1n) is 6.77. The summed E-state index contributed by atoms with van der Waals surface area (Å²) in [6, 6.07) is 0.693. The Morgan fingerprint density at radius 2 is 2.18 bits per heavy atom. The van der Waals surface area contributed by atoms with Crippen LogP contribution in [0.5, 0.6) is 0 Å². The van der Waals surface area contributed by atoms with Crippen LogP contribution in [0.1, 0.15) is 64.2 Å². The second-order valence-electron chi connectivity index (χ2n) is 5.22. The van der Waals surface area contributed by atoms with E-state index in [1.807, 2.05) is 0 Å². The highest BCUT2D eigenvalue weighted by Crippen LogP contribution is 2.22. The summed E-state index contributed by atoms with van der Waals surface area (Å²) in [5.74, 6) is 1.85. The van der Waals surface area contributed by atoms with Gasteiger partial charge in [-0.1, -0.05) is 27.2 Å². The standard InChI is InChI=1S/C13H23N3O/c1-4-11-7-5-6-8-16(11)9-12-14-15-13(17-12)10(2)3/h10-11H,4-9H2,1-3H3/t11-/m0/s1. The predicted octanol–water partition coefficient (Wildman–Crippen LogP) is 2.96. The van der Waals surface area contributed by atoms with Crippen LogP contribution in [0, 0.1) is 0 Å². The zero-order valence-corrected chi connectivity index (χ0v) is 11.1. The fraction of sp³-hybridized carbons (Fsp3) is 0.846. The van der Waals surface area contributed by atoms with Gasteiger partial charge in [0.25, 0.3) is 0 Å². The van der Waals surface area contributed by atoms with Crippen LogP contribution >= 0.6 is 0 Å². The molecule has 0 saturated carbocycles. The van der Waals surface area contributed by atoms with Crippen molar-refractivity contribution in [3.8, 4) is 0 Å². The third kappa shape index (κ3) is 3.06. The number of rotatable bonds is 4. The molecule has 0 aliphatic carbocycles. The van der Waals surface area contributed by atoms with Crippen molar-refractivity contribution in [1.29, 1.82) is 0 Å². The first-order chi connectivity index (χ1) is 8.20. The lowest BCUT2D eigenvalue weighted by molar-refractivity contribution is 0.123. The van der Waals surface area contributed by atoms with E-state index in [0.29, 0.717) is 12.0 Å². The summed E-state index contributed by atoms with van der Waals surface area (Å²) in [4.78, 5) is 2.49. The lowest BCUT2D eigenvalue weighted by Gasteiger charge is -2.33.